The summed E-state index contributed by atoms with van der Waals surface area (Å²) in [6.45, 7) is 1.32. The van der Waals surface area contributed by atoms with E-state index in [-0.39, 0.29) is 0 Å². The molecule has 0 fully saturated rings. The maximum atomic E-state index is 11.1. The molecule has 0 unspecified atom stereocenters. The van der Waals surface area contributed by atoms with Crippen molar-refractivity contribution in [1.82, 2.24) is 5.32 Å². The van der Waals surface area contributed by atoms with Crippen LogP contribution in [0.4, 0.5) is 0 Å². The molecule has 4 heteroatoms. The number of hydrogen-bond acceptors (Lipinski definition) is 2. The van der Waals surface area contributed by atoms with Gasteiger partial charge in [-0.25, -0.2) is 4.79 Å². The zero-order valence-corrected chi connectivity index (χ0v) is 9.42. The SMILES string of the molecule is O=C(O)C1=C(c2ccc(Cl)cc2)CNCC1. The van der Waals surface area contributed by atoms with Crippen molar-refractivity contribution >= 4 is 23.1 Å². The van der Waals surface area contributed by atoms with Crippen LogP contribution in [0, 0.1) is 0 Å². The minimum Gasteiger partial charge on any atom is -0.478 e. The molecule has 0 saturated heterocycles. The van der Waals surface area contributed by atoms with Gasteiger partial charge < -0.3 is 10.4 Å². The van der Waals surface area contributed by atoms with E-state index >= 15 is 0 Å². The Kier molecular flexibility index (Phi) is 3.27. The summed E-state index contributed by atoms with van der Waals surface area (Å²) < 4.78 is 0. The summed E-state index contributed by atoms with van der Waals surface area (Å²) in [6, 6.07) is 7.26. The van der Waals surface area contributed by atoms with Crippen LogP contribution in [-0.2, 0) is 4.79 Å². The molecule has 0 radical (unpaired) electrons. The molecule has 2 rings (SSSR count). The fourth-order valence-electron chi connectivity index (χ4n) is 1.85. The Hall–Kier alpha value is -1.32. The van der Waals surface area contributed by atoms with Crippen molar-refractivity contribution in [1.29, 1.82) is 0 Å². The number of rotatable bonds is 2. The van der Waals surface area contributed by atoms with Gasteiger partial charge in [-0.05, 0) is 36.2 Å². The largest absolute Gasteiger partial charge is 0.478 e. The highest BCUT2D eigenvalue weighted by atomic mass is 35.5. The third-order valence-corrected chi connectivity index (χ3v) is 2.92. The lowest BCUT2D eigenvalue weighted by molar-refractivity contribution is -0.132. The molecule has 0 bridgehead atoms. The Morgan fingerprint density at radius 1 is 1.31 bits per heavy atom. The van der Waals surface area contributed by atoms with Crippen molar-refractivity contribution in [2.24, 2.45) is 0 Å². The standard InChI is InChI=1S/C12H12ClNO2/c13-9-3-1-8(2-4-9)11-7-14-6-5-10(11)12(15)16/h1-4,14H,5-7H2,(H,15,16). The number of halogens is 1. The molecule has 0 aliphatic carbocycles. The molecule has 1 aliphatic heterocycles. The molecule has 3 nitrogen and oxygen atoms in total. The molecular weight excluding hydrogens is 226 g/mol. The van der Waals surface area contributed by atoms with E-state index in [4.69, 9.17) is 16.7 Å². The summed E-state index contributed by atoms with van der Waals surface area (Å²) in [5.74, 6) is -0.827. The van der Waals surface area contributed by atoms with E-state index in [9.17, 15) is 4.79 Å². The van der Waals surface area contributed by atoms with Crippen LogP contribution in [0.5, 0.6) is 0 Å². The Labute approximate surface area is 98.7 Å². The molecule has 0 saturated carbocycles. The Balaban J connectivity index is 2.43. The van der Waals surface area contributed by atoms with Crippen molar-refractivity contribution in [3.05, 3.63) is 40.4 Å². The molecule has 1 aromatic carbocycles. The highest BCUT2D eigenvalue weighted by molar-refractivity contribution is 6.30. The van der Waals surface area contributed by atoms with Gasteiger partial charge in [-0.1, -0.05) is 23.7 Å². The number of carboxylic acids is 1. The summed E-state index contributed by atoms with van der Waals surface area (Å²) in [4.78, 5) is 11.1. The summed E-state index contributed by atoms with van der Waals surface area (Å²) >= 11 is 5.80. The first-order valence-electron chi connectivity index (χ1n) is 5.10. The molecule has 0 atom stereocenters. The lowest BCUT2D eigenvalue weighted by Crippen LogP contribution is -2.27. The first kappa shape index (κ1) is 11.2. The first-order valence-corrected chi connectivity index (χ1v) is 5.48. The zero-order chi connectivity index (χ0) is 11.5. The van der Waals surface area contributed by atoms with Gasteiger partial charge in [0.25, 0.3) is 0 Å². The van der Waals surface area contributed by atoms with Gasteiger partial charge in [0.2, 0.25) is 0 Å². The topological polar surface area (TPSA) is 49.3 Å². The second-order valence-electron chi connectivity index (χ2n) is 3.70. The summed E-state index contributed by atoms with van der Waals surface area (Å²) in [6.07, 6.45) is 0.563. The van der Waals surface area contributed by atoms with Crippen LogP contribution in [0.1, 0.15) is 12.0 Å². The summed E-state index contributed by atoms with van der Waals surface area (Å²) in [5.41, 5.74) is 2.28. The number of carbonyl (C=O) groups is 1. The lowest BCUT2D eigenvalue weighted by atomic mass is 9.95. The molecule has 84 valence electrons. The van der Waals surface area contributed by atoms with Crippen molar-refractivity contribution < 1.29 is 9.90 Å². The van der Waals surface area contributed by atoms with Crippen LogP contribution < -0.4 is 5.32 Å². The van der Waals surface area contributed by atoms with Gasteiger partial charge in [0.15, 0.2) is 0 Å². The van der Waals surface area contributed by atoms with E-state index in [1.54, 1.807) is 12.1 Å². The Morgan fingerprint density at radius 3 is 2.62 bits per heavy atom. The van der Waals surface area contributed by atoms with Gasteiger partial charge in [-0.15, -0.1) is 0 Å². The Bertz CT molecular complexity index is 437. The monoisotopic (exact) mass is 237 g/mol. The van der Waals surface area contributed by atoms with Gasteiger partial charge in [0.1, 0.15) is 0 Å². The molecular formula is C12H12ClNO2. The third kappa shape index (κ3) is 2.26. The van der Waals surface area contributed by atoms with Crippen LogP contribution in [0.2, 0.25) is 5.02 Å². The van der Waals surface area contributed by atoms with E-state index in [0.717, 1.165) is 17.7 Å². The Morgan fingerprint density at radius 2 is 2.00 bits per heavy atom. The lowest BCUT2D eigenvalue weighted by Gasteiger charge is -2.19. The number of aliphatic carboxylic acids is 1. The number of hydrogen-bond donors (Lipinski definition) is 2. The molecule has 1 heterocycles. The summed E-state index contributed by atoms with van der Waals surface area (Å²) in [7, 11) is 0. The normalized spacial score (nSPS) is 16.3. The molecule has 2 N–H and O–H groups in total. The van der Waals surface area contributed by atoms with Crippen LogP contribution in [0.25, 0.3) is 5.57 Å². The highest BCUT2D eigenvalue weighted by Crippen LogP contribution is 2.24. The number of nitrogens with one attached hydrogen (secondary N) is 1. The molecule has 0 amide bonds. The fourth-order valence-corrected chi connectivity index (χ4v) is 1.97. The maximum absolute atomic E-state index is 11.1. The molecule has 0 spiro atoms. The number of carboxylic acid groups (broad SMARTS) is 1. The van der Waals surface area contributed by atoms with E-state index < -0.39 is 5.97 Å². The predicted molar refractivity (Wildman–Crippen MR) is 63.5 cm³/mol. The quantitative estimate of drug-likeness (QED) is 0.829. The second-order valence-corrected chi connectivity index (χ2v) is 4.13. The average molecular weight is 238 g/mol. The van der Waals surface area contributed by atoms with Crippen LogP contribution in [-0.4, -0.2) is 24.2 Å². The van der Waals surface area contributed by atoms with Gasteiger partial charge in [0, 0.05) is 17.1 Å². The van der Waals surface area contributed by atoms with Crippen LogP contribution in [0.3, 0.4) is 0 Å². The average Bonchev–Trinajstić information content (AvgIpc) is 2.30. The molecule has 0 aromatic heterocycles. The smallest absolute Gasteiger partial charge is 0.331 e. The van der Waals surface area contributed by atoms with Gasteiger partial charge in [-0.3, -0.25) is 0 Å². The number of benzene rings is 1. The fraction of sp³-hybridized carbons (Fsp3) is 0.250. The third-order valence-electron chi connectivity index (χ3n) is 2.67. The van der Waals surface area contributed by atoms with Crippen molar-refractivity contribution in [3.8, 4) is 0 Å². The molecule has 1 aliphatic rings. The van der Waals surface area contributed by atoms with Crippen LogP contribution >= 0.6 is 11.6 Å². The van der Waals surface area contributed by atoms with E-state index in [1.165, 1.54) is 0 Å². The minimum absolute atomic E-state index is 0.501. The van der Waals surface area contributed by atoms with Gasteiger partial charge in [-0.2, -0.15) is 0 Å². The van der Waals surface area contributed by atoms with E-state index in [0.29, 0.717) is 23.6 Å². The van der Waals surface area contributed by atoms with Crippen molar-refractivity contribution in [2.75, 3.05) is 13.1 Å². The highest BCUT2D eigenvalue weighted by Gasteiger charge is 2.18. The molecule has 1 aromatic rings. The van der Waals surface area contributed by atoms with Crippen molar-refractivity contribution in [2.45, 2.75) is 6.42 Å². The van der Waals surface area contributed by atoms with E-state index in [2.05, 4.69) is 5.32 Å². The molecule has 16 heavy (non-hydrogen) atoms. The minimum atomic E-state index is -0.827. The van der Waals surface area contributed by atoms with Crippen molar-refractivity contribution in [3.63, 3.8) is 0 Å². The van der Waals surface area contributed by atoms with Gasteiger partial charge >= 0.3 is 5.97 Å². The maximum Gasteiger partial charge on any atom is 0.331 e. The zero-order valence-electron chi connectivity index (χ0n) is 8.66. The van der Waals surface area contributed by atoms with Gasteiger partial charge in [0.05, 0.1) is 0 Å². The summed E-state index contributed by atoms with van der Waals surface area (Å²) in [5, 5.41) is 12.9. The van der Waals surface area contributed by atoms with Crippen LogP contribution in [0.15, 0.2) is 29.8 Å². The second kappa shape index (κ2) is 4.68. The predicted octanol–water partition coefficient (Wildman–Crippen LogP) is 2.17. The first-order chi connectivity index (χ1) is 7.68. The van der Waals surface area contributed by atoms with E-state index in [1.807, 2.05) is 12.1 Å².